The average molecular weight is 450 g/mol. The number of benzene rings is 3. The molecule has 0 spiro atoms. The number of hydrogen-bond donors (Lipinski definition) is 0. The lowest BCUT2D eigenvalue weighted by atomic mass is 10.0. The van der Waals surface area contributed by atoms with Gasteiger partial charge in [0.1, 0.15) is 23.9 Å². The van der Waals surface area contributed by atoms with Crippen LogP contribution in [0.2, 0.25) is 0 Å². The van der Waals surface area contributed by atoms with Gasteiger partial charge < -0.3 is 9.47 Å². The fraction of sp³-hybridized carbons (Fsp3) is 0.0870. The van der Waals surface area contributed by atoms with Crippen LogP contribution in [-0.2, 0) is 6.61 Å². The van der Waals surface area contributed by atoms with E-state index in [-0.39, 0.29) is 28.4 Å². The number of hydrogen-bond acceptors (Lipinski definition) is 3. The summed E-state index contributed by atoms with van der Waals surface area (Å²) < 4.78 is 92.2. The standard InChI is InChI=1S/C23H12F6O3/c1-10-6-12(31-9-13-18(25)20(27)22(29)21(28)19(13)26)8-15-17(10)23(30)16(32-15)7-11-4-2-3-5-14(11)24/h2-8H,9H2,1H3/b16-7-. The van der Waals surface area contributed by atoms with E-state index in [2.05, 4.69) is 0 Å². The summed E-state index contributed by atoms with van der Waals surface area (Å²) >= 11 is 0. The Morgan fingerprint density at radius 3 is 2.19 bits per heavy atom. The Kier molecular flexibility index (Phi) is 5.41. The smallest absolute Gasteiger partial charge is 0.232 e. The minimum atomic E-state index is -2.27. The number of Topliss-reactive ketones (excluding diaryl/α,β-unsaturated/α-hetero) is 1. The lowest BCUT2D eigenvalue weighted by molar-refractivity contribution is 0.101. The monoisotopic (exact) mass is 450 g/mol. The molecule has 1 aliphatic heterocycles. The van der Waals surface area contributed by atoms with Crippen molar-refractivity contribution in [3.63, 3.8) is 0 Å². The molecule has 3 aromatic rings. The Labute approximate surface area is 177 Å². The Balaban J connectivity index is 1.62. The Bertz CT molecular complexity index is 1270. The van der Waals surface area contributed by atoms with Crippen molar-refractivity contribution in [2.45, 2.75) is 13.5 Å². The first kappa shape index (κ1) is 21.5. The lowest BCUT2D eigenvalue weighted by Gasteiger charge is -2.11. The second-order valence-corrected chi connectivity index (χ2v) is 6.91. The first-order chi connectivity index (χ1) is 15.2. The van der Waals surface area contributed by atoms with Crippen LogP contribution in [0.1, 0.15) is 27.0 Å². The van der Waals surface area contributed by atoms with Gasteiger partial charge in [0.2, 0.25) is 11.6 Å². The highest BCUT2D eigenvalue weighted by Gasteiger charge is 2.31. The van der Waals surface area contributed by atoms with E-state index in [1.54, 1.807) is 6.07 Å². The summed E-state index contributed by atoms with van der Waals surface area (Å²) in [5, 5.41) is 0. The summed E-state index contributed by atoms with van der Waals surface area (Å²) in [7, 11) is 0. The van der Waals surface area contributed by atoms with Crippen LogP contribution in [0.5, 0.6) is 11.5 Å². The summed E-state index contributed by atoms with van der Waals surface area (Å²) in [6, 6.07) is 8.32. The van der Waals surface area contributed by atoms with E-state index in [4.69, 9.17) is 9.47 Å². The van der Waals surface area contributed by atoms with Crippen LogP contribution < -0.4 is 9.47 Å². The summed E-state index contributed by atoms with van der Waals surface area (Å²) in [4.78, 5) is 12.6. The van der Waals surface area contributed by atoms with Gasteiger partial charge in [0.15, 0.2) is 29.0 Å². The maximum Gasteiger partial charge on any atom is 0.232 e. The number of allylic oxidation sites excluding steroid dienone is 1. The molecule has 0 radical (unpaired) electrons. The number of carbonyl (C=O) groups is 1. The fourth-order valence-electron chi connectivity index (χ4n) is 3.23. The van der Waals surface area contributed by atoms with Crippen molar-refractivity contribution in [1.82, 2.24) is 0 Å². The van der Waals surface area contributed by atoms with Gasteiger partial charge in [-0.25, -0.2) is 26.3 Å². The van der Waals surface area contributed by atoms with Gasteiger partial charge >= 0.3 is 0 Å². The summed E-state index contributed by atoms with van der Waals surface area (Å²) in [6.45, 7) is 0.577. The van der Waals surface area contributed by atoms with Crippen molar-refractivity contribution >= 4 is 11.9 Å². The highest BCUT2D eigenvalue weighted by molar-refractivity contribution is 6.15. The van der Waals surface area contributed by atoms with Gasteiger partial charge in [0.05, 0.1) is 11.1 Å². The third-order valence-corrected chi connectivity index (χ3v) is 4.82. The molecule has 4 rings (SSSR count). The minimum absolute atomic E-state index is 0.0369. The molecule has 3 aromatic carbocycles. The van der Waals surface area contributed by atoms with Crippen LogP contribution in [-0.4, -0.2) is 5.78 Å². The lowest BCUT2D eigenvalue weighted by Crippen LogP contribution is -2.10. The zero-order valence-electron chi connectivity index (χ0n) is 16.2. The van der Waals surface area contributed by atoms with Gasteiger partial charge in [0, 0.05) is 11.6 Å². The quantitative estimate of drug-likeness (QED) is 0.211. The molecule has 0 unspecified atom stereocenters. The van der Waals surface area contributed by atoms with E-state index >= 15 is 0 Å². The molecule has 0 N–H and O–H groups in total. The molecule has 0 aliphatic carbocycles. The highest BCUT2D eigenvalue weighted by atomic mass is 19.2. The minimum Gasteiger partial charge on any atom is -0.489 e. The number of rotatable bonds is 4. The van der Waals surface area contributed by atoms with Gasteiger partial charge in [-0.05, 0) is 30.7 Å². The molecule has 164 valence electrons. The summed E-state index contributed by atoms with van der Waals surface area (Å²) in [5.41, 5.74) is -0.464. The molecule has 0 saturated heterocycles. The molecule has 0 aromatic heterocycles. The molecule has 3 nitrogen and oxygen atoms in total. The third kappa shape index (κ3) is 3.59. The van der Waals surface area contributed by atoms with E-state index < -0.39 is 52.9 Å². The predicted molar refractivity (Wildman–Crippen MR) is 101 cm³/mol. The van der Waals surface area contributed by atoms with Gasteiger partial charge in [-0.3, -0.25) is 4.79 Å². The van der Waals surface area contributed by atoms with Crippen LogP contribution in [0, 0.1) is 41.8 Å². The largest absolute Gasteiger partial charge is 0.489 e. The van der Waals surface area contributed by atoms with Gasteiger partial charge in [-0.15, -0.1) is 0 Å². The van der Waals surface area contributed by atoms with Crippen molar-refractivity contribution in [1.29, 1.82) is 0 Å². The average Bonchev–Trinajstić information content (AvgIpc) is 3.08. The molecule has 0 bridgehead atoms. The first-order valence-electron chi connectivity index (χ1n) is 9.15. The molecular weight excluding hydrogens is 438 g/mol. The summed E-state index contributed by atoms with van der Waals surface area (Å²) in [6.07, 6.45) is 1.23. The van der Waals surface area contributed by atoms with E-state index in [0.717, 1.165) is 0 Å². The molecule has 32 heavy (non-hydrogen) atoms. The molecule has 9 heteroatoms. The fourth-order valence-corrected chi connectivity index (χ4v) is 3.23. The Morgan fingerprint density at radius 2 is 1.53 bits per heavy atom. The molecule has 0 amide bonds. The van der Waals surface area contributed by atoms with Crippen LogP contribution in [0.25, 0.3) is 6.08 Å². The zero-order valence-corrected chi connectivity index (χ0v) is 16.2. The third-order valence-electron chi connectivity index (χ3n) is 4.82. The summed E-state index contributed by atoms with van der Waals surface area (Å²) in [5.74, 6) is -11.6. The highest BCUT2D eigenvalue weighted by Crippen LogP contribution is 2.38. The molecule has 0 atom stereocenters. The molecule has 0 fully saturated rings. The Hall–Kier alpha value is -3.75. The molecular formula is C23H12F6O3. The normalized spacial score (nSPS) is 14.0. The van der Waals surface area contributed by atoms with Gasteiger partial charge in [0.25, 0.3) is 0 Å². The van der Waals surface area contributed by atoms with E-state index in [0.29, 0.717) is 5.56 Å². The maximum atomic E-state index is 13.9. The molecule has 0 saturated carbocycles. The molecule has 1 aliphatic rings. The van der Waals surface area contributed by atoms with Crippen molar-refractivity contribution in [2.75, 3.05) is 0 Å². The van der Waals surface area contributed by atoms with Crippen LogP contribution in [0.15, 0.2) is 42.2 Å². The van der Waals surface area contributed by atoms with E-state index in [9.17, 15) is 31.1 Å². The van der Waals surface area contributed by atoms with Crippen LogP contribution in [0.4, 0.5) is 26.3 Å². The van der Waals surface area contributed by atoms with Crippen molar-refractivity contribution in [3.05, 3.63) is 99.3 Å². The van der Waals surface area contributed by atoms with Crippen LogP contribution >= 0.6 is 0 Å². The topological polar surface area (TPSA) is 35.5 Å². The first-order valence-corrected chi connectivity index (χ1v) is 9.15. The van der Waals surface area contributed by atoms with Crippen LogP contribution in [0.3, 0.4) is 0 Å². The van der Waals surface area contributed by atoms with Gasteiger partial charge in [-0.1, -0.05) is 18.2 Å². The number of ketones is 1. The molecule has 1 heterocycles. The Morgan fingerprint density at radius 1 is 0.906 bits per heavy atom. The van der Waals surface area contributed by atoms with E-state index in [1.807, 2.05) is 0 Å². The van der Waals surface area contributed by atoms with E-state index in [1.165, 1.54) is 43.3 Å². The predicted octanol–water partition coefficient (Wildman–Crippen LogP) is 6.02. The number of halogens is 6. The maximum absolute atomic E-state index is 13.9. The number of aryl methyl sites for hydroxylation is 1. The number of fused-ring (bicyclic) bond motifs is 1. The number of ether oxygens (including phenoxy) is 2. The zero-order chi connectivity index (χ0) is 23.2. The van der Waals surface area contributed by atoms with Crippen molar-refractivity contribution in [3.8, 4) is 11.5 Å². The van der Waals surface area contributed by atoms with Crippen molar-refractivity contribution < 1.29 is 40.6 Å². The van der Waals surface area contributed by atoms with Gasteiger partial charge in [-0.2, -0.15) is 0 Å². The number of carbonyl (C=O) groups excluding carboxylic acids is 1. The SMILES string of the molecule is Cc1cc(OCc2c(F)c(F)c(F)c(F)c2F)cc2c1C(=O)/C(=C/c1ccccc1F)O2. The second-order valence-electron chi connectivity index (χ2n) is 6.91. The second kappa shape index (κ2) is 8.07. The van der Waals surface area contributed by atoms with Crippen molar-refractivity contribution in [2.24, 2.45) is 0 Å².